The average Bonchev–Trinajstić information content (AvgIpc) is 2.75. The second-order valence-electron chi connectivity index (χ2n) is 7.48. The van der Waals surface area contributed by atoms with E-state index >= 15 is 0 Å². The lowest BCUT2D eigenvalue weighted by molar-refractivity contribution is -0.189. The Kier molecular flexibility index (Phi) is 2.45. The molecule has 4 aliphatic heterocycles. The zero-order valence-corrected chi connectivity index (χ0v) is 12.6. The summed E-state index contributed by atoms with van der Waals surface area (Å²) in [6, 6.07) is 6.42. The lowest BCUT2D eigenvalue weighted by Gasteiger charge is -2.48. The standard InChI is InChI=1S/C17H23NO2/c1-16(2,3)13-4-5-14-15(10-13)20-17(19-14)11-18-8-6-12(17)7-9-18/h4-5,10,12H,6-9,11H2,1-3H3/t17-/m0/s1. The molecule has 1 atom stereocenters. The van der Waals surface area contributed by atoms with Crippen LogP contribution in [-0.2, 0) is 5.41 Å². The molecule has 0 saturated carbocycles. The van der Waals surface area contributed by atoms with Gasteiger partial charge in [0.05, 0.1) is 6.54 Å². The van der Waals surface area contributed by atoms with Gasteiger partial charge in [0.25, 0.3) is 5.79 Å². The van der Waals surface area contributed by atoms with E-state index in [1.165, 1.54) is 31.5 Å². The van der Waals surface area contributed by atoms with Gasteiger partial charge in [-0.3, -0.25) is 4.90 Å². The van der Waals surface area contributed by atoms with Crippen LogP contribution in [0, 0.1) is 5.92 Å². The number of hydrogen-bond donors (Lipinski definition) is 0. The van der Waals surface area contributed by atoms with Gasteiger partial charge in [0.2, 0.25) is 0 Å². The Hall–Kier alpha value is -1.22. The van der Waals surface area contributed by atoms with Crippen LogP contribution in [-0.4, -0.2) is 30.3 Å². The molecule has 4 aliphatic rings. The topological polar surface area (TPSA) is 21.7 Å². The third-order valence-electron chi connectivity index (χ3n) is 5.03. The Bertz CT molecular complexity index is 540. The molecule has 2 bridgehead atoms. The number of hydrogen-bond acceptors (Lipinski definition) is 3. The van der Waals surface area contributed by atoms with Crippen LogP contribution in [0.25, 0.3) is 0 Å². The Morgan fingerprint density at radius 1 is 1.10 bits per heavy atom. The van der Waals surface area contributed by atoms with Crippen molar-refractivity contribution in [3.63, 3.8) is 0 Å². The van der Waals surface area contributed by atoms with E-state index in [4.69, 9.17) is 9.47 Å². The van der Waals surface area contributed by atoms with Crippen molar-refractivity contribution >= 4 is 0 Å². The molecule has 20 heavy (non-hydrogen) atoms. The maximum atomic E-state index is 6.34. The van der Waals surface area contributed by atoms with E-state index in [2.05, 4.69) is 43.9 Å². The molecule has 5 rings (SSSR count). The molecule has 3 saturated heterocycles. The first-order chi connectivity index (χ1) is 9.46. The molecule has 1 aromatic rings. The lowest BCUT2D eigenvalue weighted by Crippen LogP contribution is -2.63. The van der Waals surface area contributed by atoms with E-state index in [-0.39, 0.29) is 5.41 Å². The van der Waals surface area contributed by atoms with Gasteiger partial charge >= 0.3 is 0 Å². The second kappa shape index (κ2) is 3.91. The Labute approximate surface area is 120 Å². The van der Waals surface area contributed by atoms with Crippen LogP contribution >= 0.6 is 0 Å². The van der Waals surface area contributed by atoms with E-state index < -0.39 is 5.79 Å². The third kappa shape index (κ3) is 1.76. The first-order valence-electron chi connectivity index (χ1n) is 7.71. The molecule has 3 fully saturated rings. The van der Waals surface area contributed by atoms with E-state index in [0.29, 0.717) is 5.92 Å². The minimum Gasteiger partial charge on any atom is -0.447 e. The van der Waals surface area contributed by atoms with Crippen molar-refractivity contribution in [1.82, 2.24) is 4.90 Å². The number of nitrogens with zero attached hydrogens (tertiary/aromatic N) is 1. The fourth-order valence-corrected chi connectivity index (χ4v) is 3.73. The molecule has 0 amide bonds. The molecule has 1 aromatic carbocycles. The van der Waals surface area contributed by atoms with Gasteiger partial charge < -0.3 is 9.47 Å². The molecule has 4 heterocycles. The smallest absolute Gasteiger partial charge is 0.267 e. The monoisotopic (exact) mass is 273 g/mol. The maximum absolute atomic E-state index is 6.34. The summed E-state index contributed by atoms with van der Waals surface area (Å²) in [6.07, 6.45) is 2.39. The first-order valence-corrected chi connectivity index (χ1v) is 7.71. The molecule has 3 nitrogen and oxygen atoms in total. The Morgan fingerprint density at radius 2 is 1.80 bits per heavy atom. The minimum atomic E-state index is -0.407. The van der Waals surface area contributed by atoms with Crippen molar-refractivity contribution in [2.75, 3.05) is 19.6 Å². The summed E-state index contributed by atoms with van der Waals surface area (Å²) in [4.78, 5) is 2.47. The van der Waals surface area contributed by atoms with Crippen LogP contribution in [0.2, 0.25) is 0 Å². The summed E-state index contributed by atoms with van der Waals surface area (Å²) < 4.78 is 12.6. The second-order valence-corrected chi connectivity index (χ2v) is 7.48. The summed E-state index contributed by atoms with van der Waals surface area (Å²) >= 11 is 0. The fourth-order valence-electron chi connectivity index (χ4n) is 3.73. The van der Waals surface area contributed by atoms with Gasteiger partial charge in [0.1, 0.15) is 0 Å². The third-order valence-corrected chi connectivity index (χ3v) is 5.03. The number of fused-ring (bicyclic) bond motifs is 3. The Balaban J connectivity index is 1.67. The summed E-state index contributed by atoms with van der Waals surface area (Å²) in [5.74, 6) is 1.99. The van der Waals surface area contributed by atoms with Crippen LogP contribution in [0.5, 0.6) is 11.5 Å². The molecule has 108 valence electrons. The quantitative estimate of drug-likeness (QED) is 0.724. The molecular weight excluding hydrogens is 250 g/mol. The molecule has 0 N–H and O–H groups in total. The molecule has 0 unspecified atom stereocenters. The van der Waals surface area contributed by atoms with E-state index in [9.17, 15) is 0 Å². The zero-order valence-electron chi connectivity index (χ0n) is 12.6. The van der Waals surface area contributed by atoms with Gasteiger partial charge in [-0.05, 0) is 49.0 Å². The minimum absolute atomic E-state index is 0.142. The Morgan fingerprint density at radius 3 is 2.40 bits per heavy atom. The van der Waals surface area contributed by atoms with Gasteiger partial charge in [-0.15, -0.1) is 0 Å². The van der Waals surface area contributed by atoms with Crippen molar-refractivity contribution in [3.8, 4) is 11.5 Å². The number of benzene rings is 1. The maximum Gasteiger partial charge on any atom is 0.267 e. The first kappa shape index (κ1) is 12.5. The summed E-state index contributed by atoms with van der Waals surface area (Å²) in [5.41, 5.74) is 1.45. The van der Waals surface area contributed by atoms with Crippen LogP contribution in [0.3, 0.4) is 0 Å². The fraction of sp³-hybridized carbons (Fsp3) is 0.647. The number of rotatable bonds is 0. The van der Waals surface area contributed by atoms with Gasteiger partial charge in [-0.25, -0.2) is 0 Å². The van der Waals surface area contributed by atoms with Crippen LogP contribution in [0.15, 0.2) is 18.2 Å². The molecule has 0 aliphatic carbocycles. The largest absolute Gasteiger partial charge is 0.447 e. The average molecular weight is 273 g/mol. The van der Waals surface area contributed by atoms with Crippen LogP contribution < -0.4 is 9.47 Å². The van der Waals surface area contributed by atoms with Crippen molar-refractivity contribution in [2.24, 2.45) is 5.92 Å². The number of piperidine rings is 3. The van der Waals surface area contributed by atoms with Crippen molar-refractivity contribution in [2.45, 2.75) is 44.8 Å². The highest BCUT2D eigenvalue weighted by Gasteiger charge is 2.54. The van der Waals surface area contributed by atoms with Crippen molar-refractivity contribution in [3.05, 3.63) is 23.8 Å². The van der Waals surface area contributed by atoms with Gasteiger partial charge in [0.15, 0.2) is 11.5 Å². The predicted molar refractivity (Wildman–Crippen MR) is 78.3 cm³/mol. The van der Waals surface area contributed by atoms with Crippen molar-refractivity contribution in [1.29, 1.82) is 0 Å². The van der Waals surface area contributed by atoms with Crippen LogP contribution in [0.1, 0.15) is 39.2 Å². The van der Waals surface area contributed by atoms with E-state index in [0.717, 1.165) is 18.0 Å². The SMILES string of the molecule is CC(C)(C)c1ccc2c(c1)O[C@]1(CN3CCC1CC3)O2. The summed E-state index contributed by atoms with van der Waals surface area (Å²) in [5, 5.41) is 0. The zero-order chi connectivity index (χ0) is 14.0. The van der Waals surface area contributed by atoms with Gasteiger partial charge in [-0.2, -0.15) is 0 Å². The molecule has 1 spiro atoms. The van der Waals surface area contributed by atoms with Crippen molar-refractivity contribution < 1.29 is 9.47 Å². The summed E-state index contributed by atoms with van der Waals surface area (Å²) in [6.45, 7) is 10.0. The highest BCUT2D eigenvalue weighted by molar-refractivity contribution is 5.48. The highest BCUT2D eigenvalue weighted by Crippen LogP contribution is 2.49. The highest BCUT2D eigenvalue weighted by atomic mass is 16.7. The summed E-state index contributed by atoms with van der Waals surface area (Å²) in [7, 11) is 0. The normalized spacial score (nSPS) is 34.8. The van der Waals surface area contributed by atoms with Gasteiger partial charge in [-0.1, -0.05) is 26.8 Å². The molecule has 0 aromatic heterocycles. The van der Waals surface area contributed by atoms with Gasteiger partial charge in [0, 0.05) is 5.92 Å². The lowest BCUT2D eigenvalue weighted by atomic mass is 9.83. The van der Waals surface area contributed by atoms with E-state index in [1.807, 2.05) is 0 Å². The molecule has 0 radical (unpaired) electrons. The van der Waals surface area contributed by atoms with E-state index in [1.54, 1.807) is 0 Å². The molecular formula is C17H23NO2. The number of ether oxygens (including phenoxy) is 2. The predicted octanol–water partition coefficient (Wildman–Crippen LogP) is 3.18. The molecule has 3 heteroatoms. The van der Waals surface area contributed by atoms with Crippen LogP contribution in [0.4, 0.5) is 0 Å².